The van der Waals surface area contributed by atoms with E-state index in [1.807, 2.05) is 6.92 Å². The molecular formula is C42H68O15. The lowest BCUT2D eigenvalue weighted by atomic mass is 9.33. The van der Waals surface area contributed by atoms with Crippen LogP contribution in [-0.2, 0) is 23.7 Å². The van der Waals surface area contributed by atoms with Gasteiger partial charge in [0.05, 0.1) is 37.4 Å². The number of ether oxygens (including phenoxy) is 4. The maximum Gasteiger partial charge on any atom is 0.310 e. The van der Waals surface area contributed by atoms with Gasteiger partial charge in [-0.05, 0) is 97.2 Å². The van der Waals surface area contributed by atoms with Gasteiger partial charge in [-0.2, -0.15) is 0 Å². The molecule has 0 bridgehead atoms. The number of hydrogen-bond donors (Lipinski definition) is 10. The van der Waals surface area contributed by atoms with Crippen molar-refractivity contribution < 1.29 is 74.8 Å². The number of rotatable bonds is 8. The summed E-state index contributed by atoms with van der Waals surface area (Å²) in [6.45, 7) is 11.5. The summed E-state index contributed by atoms with van der Waals surface area (Å²) >= 11 is 0. The van der Waals surface area contributed by atoms with Gasteiger partial charge in [-0.25, -0.2) is 0 Å². The highest BCUT2D eigenvalue weighted by molar-refractivity contribution is 5.76. The second kappa shape index (κ2) is 14.9. The Morgan fingerprint density at radius 3 is 1.98 bits per heavy atom. The zero-order valence-corrected chi connectivity index (χ0v) is 34.2. The van der Waals surface area contributed by atoms with E-state index in [0.29, 0.717) is 25.7 Å². The molecule has 0 aromatic carbocycles. The van der Waals surface area contributed by atoms with Crippen LogP contribution in [0.25, 0.3) is 0 Å². The van der Waals surface area contributed by atoms with Crippen molar-refractivity contribution in [3.63, 3.8) is 0 Å². The zero-order chi connectivity index (χ0) is 41.8. The van der Waals surface area contributed by atoms with Gasteiger partial charge in [-0.1, -0.05) is 53.2 Å². The fraction of sp³-hybridized carbons (Fsp3) is 0.929. The fourth-order valence-corrected chi connectivity index (χ4v) is 13.8. The second-order valence-electron chi connectivity index (χ2n) is 20.7. The molecule has 15 heteroatoms. The van der Waals surface area contributed by atoms with Crippen molar-refractivity contribution in [2.45, 2.75) is 173 Å². The van der Waals surface area contributed by atoms with Gasteiger partial charge in [0, 0.05) is 5.41 Å². The minimum atomic E-state index is -1.81. The van der Waals surface area contributed by atoms with Crippen molar-refractivity contribution in [3.8, 4) is 0 Å². The number of fused-ring (bicyclic) bond motifs is 7. The predicted molar refractivity (Wildman–Crippen MR) is 201 cm³/mol. The molecule has 0 radical (unpaired) electrons. The van der Waals surface area contributed by atoms with Crippen molar-refractivity contribution in [2.75, 3.05) is 19.8 Å². The number of aliphatic carboxylic acids is 1. The molecule has 326 valence electrons. The molecule has 10 N–H and O–H groups in total. The molecule has 20 atom stereocenters. The molecule has 2 aliphatic heterocycles. The van der Waals surface area contributed by atoms with Crippen LogP contribution in [0.1, 0.15) is 99.3 Å². The van der Waals surface area contributed by atoms with Crippen molar-refractivity contribution in [2.24, 2.45) is 50.2 Å². The van der Waals surface area contributed by atoms with Gasteiger partial charge in [0.15, 0.2) is 12.6 Å². The van der Waals surface area contributed by atoms with Crippen LogP contribution in [0.5, 0.6) is 0 Å². The lowest BCUT2D eigenvalue weighted by Crippen LogP contribution is -2.70. The molecule has 7 aliphatic rings. The molecule has 2 heterocycles. The molecule has 7 rings (SSSR count). The van der Waals surface area contributed by atoms with Crippen molar-refractivity contribution in [1.82, 2.24) is 0 Å². The van der Waals surface area contributed by atoms with E-state index >= 15 is 0 Å². The summed E-state index contributed by atoms with van der Waals surface area (Å²) in [4.78, 5) is 13.1. The van der Waals surface area contributed by atoms with Crippen LogP contribution in [0.2, 0.25) is 0 Å². The molecule has 6 fully saturated rings. The average molecular weight is 813 g/mol. The maximum atomic E-state index is 13.1. The van der Waals surface area contributed by atoms with Gasteiger partial charge < -0.3 is 70.0 Å². The van der Waals surface area contributed by atoms with Gasteiger partial charge in [0.25, 0.3) is 0 Å². The number of allylic oxidation sites excluding steroid dienone is 2. The first-order valence-electron chi connectivity index (χ1n) is 21.1. The van der Waals surface area contributed by atoms with Crippen LogP contribution in [0.3, 0.4) is 0 Å². The molecule has 0 aromatic heterocycles. The monoisotopic (exact) mass is 812 g/mol. The number of carboxylic acid groups (broad SMARTS) is 1. The van der Waals surface area contributed by atoms with Crippen LogP contribution < -0.4 is 0 Å². The van der Waals surface area contributed by atoms with Gasteiger partial charge in [-0.3, -0.25) is 4.79 Å². The summed E-state index contributed by atoms with van der Waals surface area (Å²) in [5, 5.41) is 108. The standard InChI is InChI=1S/C42H68O15/c1-37(2)11-13-42(36(52)53)14-12-40(5)20(21(42)15-37)7-8-26-38(3)16-22(46)33(39(4,19-45)25(38)9-10-41(26,40)6)57-35-31(51)29(49)32(24(18-44)55-35)56-34-30(50)28(48)27(47)23(17-43)54-34/h7,21-35,43-51H,8-19H2,1-6H3,(H,52,53)/t21-,22-,23+,24+,25+,26+,27+,28-,29+,30+,31+,32+,33-,34-,35-,38-,39?,40+,41+,42-/m0/s1. The highest BCUT2D eigenvalue weighted by atomic mass is 16.7. The number of aliphatic hydroxyl groups is 9. The lowest BCUT2D eigenvalue weighted by Gasteiger charge is -2.71. The van der Waals surface area contributed by atoms with Gasteiger partial charge in [0.2, 0.25) is 0 Å². The molecule has 2 saturated heterocycles. The van der Waals surface area contributed by atoms with Gasteiger partial charge >= 0.3 is 5.97 Å². The van der Waals surface area contributed by atoms with Crippen LogP contribution in [0, 0.1) is 50.2 Å². The molecule has 5 aliphatic carbocycles. The summed E-state index contributed by atoms with van der Waals surface area (Å²) in [6, 6.07) is 0. The van der Waals surface area contributed by atoms with Crippen LogP contribution >= 0.6 is 0 Å². The first-order chi connectivity index (χ1) is 26.6. The Labute approximate surface area is 335 Å². The van der Waals surface area contributed by atoms with E-state index in [9.17, 15) is 55.9 Å². The van der Waals surface area contributed by atoms with Gasteiger partial charge in [-0.15, -0.1) is 0 Å². The van der Waals surface area contributed by atoms with Crippen molar-refractivity contribution in [3.05, 3.63) is 11.6 Å². The second-order valence-corrected chi connectivity index (χ2v) is 20.7. The third-order valence-corrected chi connectivity index (χ3v) is 17.4. The third kappa shape index (κ3) is 6.43. The van der Waals surface area contributed by atoms with Crippen LogP contribution in [0.15, 0.2) is 11.6 Å². The molecule has 0 aromatic rings. The summed E-state index contributed by atoms with van der Waals surface area (Å²) in [7, 11) is 0. The Kier molecular flexibility index (Phi) is 11.5. The molecule has 1 unspecified atom stereocenters. The maximum absolute atomic E-state index is 13.1. The Balaban J connectivity index is 1.13. The Bertz CT molecular complexity index is 1540. The molecule has 0 spiro atoms. The molecule has 4 saturated carbocycles. The molecular weight excluding hydrogens is 744 g/mol. The summed E-state index contributed by atoms with van der Waals surface area (Å²) in [6.07, 6.45) is -9.67. The molecule has 15 nitrogen and oxygen atoms in total. The van der Waals surface area contributed by atoms with E-state index in [1.54, 1.807) is 0 Å². The summed E-state index contributed by atoms with van der Waals surface area (Å²) in [5.41, 5.74) is -1.40. The average Bonchev–Trinajstić information content (AvgIpc) is 3.15. The normalized spacial score (nSPS) is 54.7. The minimum Gasteiger partial charge on any atom is -0.481 e. The van der Waals surface area contributed by atoms with Crippen molar-refractivity contribution in [1.29, 1.82) is 0 Å². The van der Waals surface area contributed by atoms with E-state index in [2.05, 4.69) is 40.7 Å². The van der Waals surface area contributed by atoms with E-state index in [-0.39, 0.29) is 40.6 Å². The summed E-state index contributed by atoms with van der Waals surface area (Å²) in [5.74, 6) is -0.765. The van der Waals surface area contributed by atoms with E-state index < -0.39 is 109 Å². The predicted octanol–water partition coefficient (Wildman–Crippen LogP) is 0.825. The first kappa shape index (κ1) is 43.8. The first-order valence-corrected chi connectivity index (χ1v) is 21.1. The number of carboxylic acids is 1. The smallest absolute Gasteiger partial charge is 0.310 e. The van der Waals surface area contributed by atoms with E-state index in [0.717, 1.165) is 32.1 Å². The highest BCUT2D eigenvalue weighted by Crippen LogP contribution is 2.76. The number of carbonyl (C=O) groups is 1. The van der Waals surface area contributed by atoms with Crippen LogP contribution in [-0.4, -0.2) is 150 Å². The fourth-order valence-electron chi connectivity index (χ4n) is 13.8. The number of hydrogen-bond acceptors (Lipinski definition) is 14. The Morgan fingerprint density at radius 2 is 1.35 bits per heavy atom. The highest BCUT2D eigenvalue weighted by Gasteiger charge is 2.71. The summed E-state index contributed by atoms with van der Waals surface area (Å²) < 4.78 is 23.5. The topological polar surface area (TPSA) is 256 Å². The lowest BCUT2D eigenvalue weighted by molar-refractivity contribution is -0.374. The number of aliphatic hydroxyl groups excluding tert-OH is 9. The van der Waals surface area contributed by atoms with Crippen molar-refractivity contribution >= 4 is 5.97 Å². The molecule has 0 amide bonds. The zero-order valence-electron chi connectivity index (χ0n) is 34.2. The Hall–Kier alpha value is -1.31. The third-order valence-electron chi connectivity index (χ3n) is 17.4. The SMILES string of the molecule is CC1(C)CC[C@]2(C(=O)O)CC[C@]3(C)C(=CC[C@@H]4[C@@]5(C)C[C@H](O)[C@H](O[C@@H]6O[C@H](CO)[C@@H](O[C@@H]7O[C@H](CO)[C@@H](O)[C@H](O)[C@H]7O)[C@H](O)[C@H]6O)C(C)(CO)[C@@H]5CC[C@]43C)[C@@H]2C1. The Morgan fingerprint density at radius 1 is 0.737 bits per heavy atom. The van der Waals surface area contributed by atoms with E-state index in [4.69, 9.17) is 18.9 Å². The minimum absolute atomic E-state index is 0.0383. The quantitative estimate of drug-likeness (QED) is 0.120. The van der Waals surface area contributed by atoms with E-state index in [1.165, 1.54) is 5.57 Å². The van der Waals surface area contributed by atoms with Gasteiger partial charge in [0.1, 0.15) is 48.8 Å². The van der Waals surface area contributed by atoms with Crippen LogP contribution in [0.4, 0.5) is 0 Å². The molecule has 57 heavy (non-hydrogen) atoms. The largest absolute Gasteiger partial charge is 0.481 e.